The highest BCUT2D eigenvalue weighted by molar-refractivity contribution is 8.01. The number of nitrogens with zero attached hydrogens (tertiary/aromatic N) is 2. The van der Waals surface area contributed by atoms with Crippen LogP contribution in [0.25, 0.3) is 0 Å². The van der Waals surface area contributed by atoms with E-state index in [0.717, 1.165) is 47.3 Å². The molecule has 0 bridgehead atoms. The minimum Gasteiger partial charge on any atom is -0.497 e. The average molecular weight is 432 g/mol. The van der Waals surface area contributed by atoms with E-state index >= 15 is 0 Å². The number of hydrogen-bond donors (Lipinski definition) is 2. The summed E-state index contributed by atoms with van der Waals surface area (Å²) in [6.07, 6.45) is -2.19. The SMILES string of the molecule is COc1ccc(C(NC(=O)CSc2nnc(NCC(F)(F)F)s2)C2CC2)cc1. The van der Waals surface area contributed by atoms with Gasteiger partial charge in [0.15, 0.2) is 4.34 Å². The molecule has 1 aromatic carbocycles. The molecule has 152 valence electrons. The number of thioether (sulfide) groups is 1. The Hall–Kier alpha value is -2.01. The highest BCUT2D eigenvalue weighted by Crippen LogP contribution is 2.41. The molecule has 1 aliphatic rings. The molecule has 11 heteroatoms. The first-order valence-electron chi connectivity index (χ1n) is 8.54. The molecule has 1 atom stereocenters. The lowest BCUT2D eigenvalue weighted by Gasteiger charge is -2.19. The van der Waals surface area contributed by atoms with Crippen molar-refractivity contribution in [2.24, 2.45) is 5.92 Å². The van der Waals surface area contributed by atoms with E-state index in [4.69, 9.17) is 4.74 Å². The van der Waals surface area contributed by atoms with Crippen molar-refractivity contribution in [3.05, 3.63) is 29.8 Å². The fraction of sp³-hybridized carbons (Fsp3) is 0.471. The van der Waals surface area contributed by atoms with Crippen LogP contribution >= 0.6 is 23.1 Å². The highest BCUT2D eigenvalue weighted by Gasteiger charge is 2.33. The van der Waals surface area contributed by atoms with Crippen molar-refractivity contribution in [3.8, 4) is 5.75 Å². The topological polar surface area (TPSA) is 76.1 Å². The molecule has 2 aromatic rings. The van der Waals surface area contributed by atoms with E-state index < -0.39 is 12.7 Å². The number of aromatic nitrogens is 2. The van der Waals surface area contributed by atoms with E-state index in [1.54, 1.807) is 7.11 Å². The van der Waals surface area contributed by atoms with Gasteiger partial charge in [0.2, 0.25) is 11.0 Å². The minimum atomic E-state index is -4.32. The molecule has 6 nitrogen and oxygen atoms in total. The van der Waals surface area contributed by atoms with Crippen LogP contribution in [0, 0.1) is 5.92 Å². The Morgan fingerprint density at radius 1 is 1.32 bits per heavy atom. The van der Waals surface area contributed by atoms with Crippen molar-refractivity contribution >= 4 is 34.1 Å². The van der Waals surface area contributed by atoms with Gasteiger partial charge in [0.05, 0.1) is 18.9 Å². The van der Waals surface area contributed by atoms with Gasteiger partial charge in [0, 0.05) is 0 Å². The Kier molecular flexibility index (Phi) is 6.65. The number of carbonyl (C=O) groups is 1. The third-order valence-electron chi connectivity index (χ3n) is 4.06. The first kappa shape index (κ1) is 20.7. The summed E-state index contributed by atoms with van der Waals surface area (Å²) in [7, 11) is 1.60. The van der Waals surface area contributed by atoms with Crippen molar-refractivity contribution in [1.29, 1.82) is 0 Å². The summed E-state index contributed by atoms with van der Waals surface area (Å²) in [6, 6.07) is 7.56. The van der Waals surface area contributed by atoms with Crippen LogP contribution in [0.3, 0.4) is 0 Å². The van der Waals surface area contributed by atoms with Gasteiger partial charge in [-0.2, -0.15) is 13.2 Å². The number of anilines is 1. The molecule has 1 fully saturated rings. The number of carbonyl (C=O) groups excluding carboxylic acids is 1. The molecule has 3 rings (SSSR count). The second-order valence-corrected chi connectivity index (χ2v) is 8.49. The maximum atomic E-state index is 12.4. The third kappa shape index (κ3) is 6.26. The van der Waals surface area contributed by atoms with Gasteiger partial charge < -0.3 is 15.4 Å². The molecular formula is C17H19F3N4O2S2. The Morgan fingerprint density at radius 3 is 2.64 bits per heavy atom. The molecule has 1 amide bonds. The number of halogens is 3. The zero-order chi connectivity index (χ0) is 20.1. The first-order valence-corrected chi connectivity index (χ1v) is 10.3. The fourth-order valence-electron chi connectivity index (χ4n) is 2.57. The summed E-state index contributed by atoms with van der Waals surface area (Å²) in [4.78, 5) is 12.4. The molecular weight excluding hydrogens is 413 g/mol. The molecule has 1 heterocycles. The van der Waals surface area contributed by atoms with Crippen LogP contribution < -0.4 is 15.4 Å². The normalized spacial score (nSPS) is 15.1. The van der Waals surface area contributed by atoms with Crippen molar-refractivity contribution in [3.63, 3.8) is 0 Å². The summed E-state index contributed by atoms with van der Waals surface area (Å²) >= 11 is 2.14. The summed E-state index contributed by atoms with van der Waals surface area (Å²) < 4.78 is 42.2. The lowest BCUT2D eigenvalue weighted by molar-refractivity contribution is -0.119. The Morgan fingerprint density at radius 2 is 2.04 bits per heavy atom. The van der Waals surface area contributed by atoms with Crippen LogP contribution in [0.15, 0.2) is 28.6 Å². The zero-order valence-electron chi connectivity index (χ0n) is 15.0. The largest absolute Gasteiger partial charge is 0.497 e. The molecule has 1 aliphatic carbocycles. The van der Waals surface area contributed by atoms with Gasteiger partial charge in [0.1, 0.15) is 12.3 Å². The maximum absolute atomic E-state index is 12.4. The van der Waals surface area contributed by atoms with Crippen LogP contribution in [-0.2, 0) is 4.79 Å². The number of amides is 1. The van der Waals surface area contributed by atoms with Crippen molar-refractivity contribution in [2.45, 2.75) is 29.4 Å². The van der Waals surface area contributed by atoms with Gasteiger partial charge in [-0.25, -0.2) is 0 Å². The second-order valence-electron chi connectivity index (χ2n) is 6.29. The molecule has 0 saturated heterocycles. The number of nitrogens with one attached hydrogen (secondary N) is 2. The molecule has 28 heavy (non-hydrogen) atoms. The van der Waals surface area contributed by atoms with E-state index in [-0.39, 0.29) is 22.8 Å². The molecule has 0 aliphatic heterocycles. The summed E-state index contributed by atoms with van der Waals surface area (Å²) in [5.74, 6) is 1.14. The standard InChI is InChI=1S/C17H19F3N4O2S2/c1-26-12-6-4-11(5-7-12)14(10-2-3-10)22-13(25)8-27-16-24-23-15(28-16)21-9-17(18,19)20/h4-7,10,14H,2-3,8-9H2,1H3,(H,21,23)(H,22,25). The van der Waals surface area contributed by atoms with E-state index in [1.165, 1.54) is 0 Å². The van der Waals surface area contributed by atoms with E-state index in [9.17, 15) is 18.0 Å². The van der Waals surface area contributed by atoms with Crippen LogP contribution in [0.1, 0.15) is 24.4 Å². The maximum Gasteiger partial charge on any atom is 0.405 e. The van der Waals surface area contributed by atoms with Crippen LogP contribution in [0.4, 0.5) is 18.3 Å². The van der Waals surface area contributed by atoms with Crippen LogP contribution in [-0.4, -0.2) is 41.7 Å². The smallest absolute Gasteiger partial charge is 0.405 e. The quantitative estimate of drug-likeness (QED) is 0.586. The number of methoxy groups -OCH3 is 1. The molecule has 1 unspecified atom stereocenters. The van der Waals surface area contributed by atoms with E-state index in [2.05, 4.69) is 20.8 Å². The van der Waals surface area contributed by atoms with Gasteiger partial charge >= 0.3 is 6.18 Å². The van der Waals surface area contributed by atoms with Gasteiger partial charge in [-0.3, -0.25) is 4.79 Å². The number of hydrogen-bond acceptors (Lipinski definition) is 7. The van der Waals surface area contributed by atoms with Crippen molar-refractivity contribution in [1.82, 2.24) is 15.5 Å². The molecule has 1 saturated carbocycles. The molecule has 0 radical (unpaired) electrons. The monoisotopic (exact) mass is 432 g/mol. The Balaban J connectivity index is 1.50. The first-order chi connectivity index (χ1) is 13.3. The lowest BCUT2D eigenvalue weighted by atomic mass is 10.0. The molecule has 0 spiro atoms. The number of rotatable bonds is 9. The van der Waals surface area contributed by atoms with Gasteiger partial charge in [-0.1, -0.05) is 35.2 Å². The predicted octanol–water partition coefficient (Wildman–Crippen LogP) is 3.88. The number of benzene rings is 1. The third-order valence-corrected chi connectivity index (χ3v) is 6.07. The van der Waals surface area contributed by atoms with Crippen molar-refractivity contribution < 1.29 is 22.7 Å². The summed E-state index contributed by atoms with van der Waals surface area (Å²) in [5, 5.41) is 12.8. The molecule has 1 aromatic heterocycles. The van der Waals surface area contributed by atoms with Crippen LogP contribution in [0.5, 0.6) is 5.75 Å². The zero-order valence-corrected chi connectivity index (χ0v) is 16.6. The van der Waals surface area contributed by atoms with Crippen molar-refractivity contribution in [2.75, 3.05) is 24.7 Å². The lowest BCUT2D eigenvalue weighted by Crippen LogP contribution is -2.31. The summed E-state index contributed by atoms with van der Waals surface area (Å²) in [5.41, 5.74) is 1.02. The fourth-order valence-corrected chi connectivity index (χ4v) is 4.13. The Bertz CT molecular complexity index is 794. The average Bonchev–Trinajstić information content (AvgIpc) is 3.40. The van der Waals surface area contributed by atoms with Gasteiger partial charge in [-0.05, 0) is 36.5 Å². The van der Waals surface area contributed by atoms with E-state index in [1.807, 2.05) is 24.3 Å². The number of ether oxygens (including phenoxy) is 1. The second kappa shape index (κ2) is 8.99. The molecule has 2 N–H and O–H groups in total. The minimum absolute atomic E-state index is 0.0579. The number of alkyl halides is 3. The predicted molar refractivity (Wildman–Crippen MR) is 102 cm³/mol. The van der Waals surface area contributed by atoms with E-state index in [0.29, 0.717) is 10.3 Å². The van der Waals surface area contributed by atoms with Gasteiger partial charge in [-0.15, -0.1) is 10.2 Å². The van der Waals surface area contributed by atoms with Crippen LogP contribution in [0.2, 0.25) is 0 Å². The Labute approximate surface area is 168 Å². The highest BCUT2D eigenvalue weighted by atomic mass is 32.2. The summed E-state index contributed by atoms with van der Waals surface area (Å²) in [6.45, 7) is -1.17. The van der Waals surface area contributed by atoms with Gasteiger partial charge in [0.25, 0.3) is 0 Å².